The van der Waals surface area contributed by atoms with Crippen molar-refractivity contribution in [2.24, 2.45) is 0 Å². The summed E-state index contributed by atoms with van der Waals surface area (Å²) in [5, 5.41) is 0. The Balaban J connectivity index is 2.65. The summed E-state index contributed by atoms with van der Waals surface area (Å²) < 4.78 is 16.6. The number of unbranched alkanes of at least 4 members (excludes halogenated alkanes) is 18. The molecule has 0 atom stereocenters. The van der Waals surface area contributed by atoms with Gasteiger partial charge in [0.05, 0.1) is 36.5 Å². The molecule has 0 fully saturated rings. The molecule has 0 spiro atoms. The second-order valence-electron chi connectivity index (χ2n) is 13.6. The third-order valence-corrected chi connectivity index (χ3v) is 8.86. The first-order chi connectivity index (χ1) is 25.0. The van der Waals surface area contributed by atoms with Gasteiger partial charge in [0.1, 0.15) is 0 Å². The zero-order valence-corrected chi connectivity index (χ0v) is 32.7. The molecule has 1 rings (SSSR count). The molecule has 1 aromatic carbocycles. The largest absolute Gasteiger partial charge is 0.462 e. The van der Waals surface area contributed by atoms with Crippen molar-refractivity contribution < 1.29 is 28.6 Å². The minimum atomic E-state index is -0.641. The first-order valence-electron chi connectivity index (χ1n) is 20.6. The highest BCUT2D eigenvalue weighted by atomic mass is 16.5. The monoisotopic (exact) mass is 709 g/mol. The molecule has 1 aromatic rings. The van der Waals surface area contributed by atoms with Crippen molar-refractivity contribution in [1.82, 2.24) is 0 Å². The summed E-state index contributed by atoms with van der Waals surface area (Å²) in [5.74, 6) is -1.76. The number of benzene rings is 1. The third-order valence-electron chi connectivity index (χ3n) is 8.86. The molecule has 0 saturated heterocycles. The molecule has 288 valence electrons. The fraction of sp³-hybridized carbons (Fsp3) is 0.667. The van der Waals surface area contributed by atoms with Crippen LogP contribution in [-0.2, 0) is 14.2 Å². The van der Waals surface area contributed by atoms with E-state index in [9.17, 15) is 14.4 Å². The summed E-state index contributed by atoms with van der Waals surface area (Å²) in [7, 11) is 0. The Morgan fingerprint density at radius 3 is 1.14 bits per heavy atom. The fourth-order valence-corrected chi connectivity index (χ4v) is 5.66. The molecule has 0 bridgehead atoms. The summed E-state index contributed by atoms with van der Waals surface area (Å²) in [4.78, 5) is 39.2. The minimum absolute atomic E-state index is 0.0295. The Morgan fingerprint density at radius 1 is 0.412 bits per heavy atom. The first kappa shape index (κ1) is 45.9. The van der Waals surface area contributed by atoms with E-state index in [4.69, 9.17) is 14.2 Å². The molecule has 51 heavy (non-hydrogen) atoms. The predicted molar refractivity (Wildman–Crippen MR) is 213 cm³/mol. The second kappa shape index (κ2) is 34.0. The van der Waals surface area contributed by atoms with Crippen LogP contribution in [-0.4, -0.2) is 37.7 Å². The molecular weight excluding hydrogens is 636 g/mol. The molecule has 0 aliphatic carbocycles. The molecule has 0 aromatic heterocycles. The second-order valence-corrected chi connectivity index (χ2v) is 13.6. The number of allylic oxidation sites excluding steroid dienone is 6. The molecule has 0 N–H and O–H groups in total. The quantitative estimate of drug-likeness (QED) is 0.0313. The Kier molecular flexibility index (Phi) is 30.5. The van der Waals surface area contributed by atoms with Crippen LogP contribution in [0.4, 0.5) is 0 Å². The van der Waals surface area contributed by atoms with Crippen molar-refractivity contribution in [2.45, 2.75) is 175 Å². The highest BCUT2D eigenvalue weighted by Crippen LogP contribution is 2.18. The van der Waals surface area contributed by atoms with Crippen molar-refractivity contribution in [3.8, 4) is 0 Å². The van der Waals surface area contributed by atoms with E-state index in [1.54, 1.807) is 0 Å². The van der Waals surface area contributed by atoms with E-state index in [1.165, 1.54) is 115 Å². The van der Waals surface area contributed by atoms with Crippen LogP contribution in [0.25, 0.3) is 0 Å². The molecule has 0 amide bonds. The normalized spacial score (nSPS) is 11.6. The van der Waals surface area contributed by atoms with Crippen molar-refractivity contribution in [2.75, 3.05) is 19.8 Å². The van der Waals surface area contributed by atoms with Crippen LogP contribution < -0.4 is 0 Å². The average molecular weight is 709 g/mol. The highest BCUT2D eigenvalue weighted by molar-refractivity contribution is 6.05. The molecule has 0 unspecified atom stereocenters. The molecule has 0 radical (unpaired) electrons. The van der Waals surface area contributed by atoms with Gasteiger partial charge in [-0.2, -0.15) is 0 Å². The maximum absolute atomic E-state index is 13.2. The van der Waals surface area contributed by atoms with Gasteiger partial charge < -0.3 is 14.2 Å². The van der Waals surface area contributed by atoms with E-state index in [0.717, 1.165) is 44.9 Å². The van der Waals surface area contributed by atoms with E-state index < -0.39 is 17.9 Å². The number of ether oxygens (including phenoxy) is 3. The lowest BCUT2D eigenvalue weighted by Gasteiger charge is -2.12. The maximum Gasteiger partial charge on any atom is 0.339 e. The number of carbonyl (C=O) groups is 3. The molecule has 0 saturated carbocycles. The van der Waals surface area contributed by atoms with Gasteiger partial charge in [0.2, 0.25) is 0 Å². The van der Waals surface area contributed by atoms with E-state index in [-0.39, 0.29) is 36.5 Å². The number of carbonyl (C=O) groups excluding carboxylic acids is 3. The SMILES string of the molecule is CCCCCCC/C=C/CCCOC(=O)c1ccc(C(=O)OCCC/C=C/CCCCCCC)c(C(=O)OCCC/C=C/CCCCCCC)c1. The molecular formula is C45H72O6. The molecule has 6 heteroatoms. The zero-order valence-electron chi connectivity index (χ0n) is 32.7. The average Bonchev–Trinajstić information content (AvgIpc) is 3.14. The molecule has 0 aliphatic rings. The summed E-state index contributed by atoms with van der Waals surface area (Å²) in [6.45, 7) is 7.42. The smallest absolute Gasteiger partial charge is 0.339 e. The highest BCUT2D eigenvalue weighted by Gasteiger charge is 2.22. The van der Waals surface area contributed by atoms with E-state index in [1.807, 2.05) is 0 Å². The van der Waals surface area contributed by atoms with Crippen molar-refractivity contribution in [1.29, 1.82) is 0 Å². The lowest BCUT2D eigenvalue weighted by atomic mass is 10.0. The van der Waals surface area contributed by atoms with Crippen molar-refractivity contribution in [3.05, 3.63) is 71.3 Å². The van der Waals surface area contributed by atoms with Gasteiger partial charge in [-0.3, -0.25) is 0 Å². The third kappa shape index (κ3) is 25.5. The van der Waals surface area contributed by atoms with Gasteiger partial charge >= 0.3 is 17.9 Å². The Bertz CT molecular complexity index is 1120. The first-order valence-corrected chi connectivity index (χ1v) is 20.6. The van der Waals surface area contributed by atoms with Crippen LogP contribution in [0.1, 0.15) is 206 Å². The zero-order chi connectivity index (χ0) is 37.0. The van der Waals surface area contributed by atoms with Gasteiger partial charge in [-0.25, -0.2) is 14.4 Å². The standard InChI is InChI=1S/C45H72O6/c1-4-7-10-13-16-19-22-25-28-31-36-49-43(46)40-34-35-41(44(47)50-37-32-29-26-23-20-17-14-11-8-5-2)42(39-40)45(48)51-38-33-30-27-24-21-18-15-12-9-6-3/h22-27,34-35,39H,4-21,28-33,36-38H2,1-3H3/b25-22+,26-23+,27-24+. The van der Waals surface area contributed by atoms with Crippen molar-refractivity contribution in [3.63, 3.8) is 0 Å². The number of esters is 3. The van der Waals surface area contributed by atoms with Gasteiger partial charge in [-0.15, -0.1) is 0 Å². The fourth-order valence-electron chi connectivity index (χ4n) is 5.66. The van der Waals surface area contributed by atoms with Crippen molar-refractivity contribution >= 4 is 17.9 Å². The lowest BCUT2D eigenvalue weighted by Crippen LogP contribution is -2.17. The Hall–Kier alpha value is -3.15. The summed E-state index contributed by atoms with van der Waals surface area (Å²) in [6, 6.07) is 4.40. The summed E-state index contributed by atoms with van der Waals surface area (Å²) in [6.07, 6.45) is 39.9. The van der Waals surface area contributed by atoms with Gasteiger partial charge in [0.15, 0.2) is 0 Å². The van der Waals surface area contributed by atoms with Crippen LogP contribution in [0.3, 0.4) is 0 Å². The van der Waals surface area contributed by atoms with Crippen LogP contribution in [0.15, 0.2) is 54.7 Å². The van der Waals surface area contributed by atoms with E-state index in [2.05, 4.69) is 57.2 Å². The van der Waals surface area contributed by atoms with E-state index >= 15 is 0 Å². The summed E-state index contributed by atoms with van der Waals surface area (Å²) >= 11 is 0. The summed E-state index contributed by atoms with van der Waals surface area (Å²) in [5.41, 5.74) is 0.340. The van der Waals surface area contributed by atoms with E-state index in [0.29, 0.717) is 12.8 Å². The van der Waals surface area contributed by atoms with Crippen LogP contribution in [0.5, 0.6) is 0 Å². The number of hydrogen-bond acceptors (Lipinski definition) is 6. The topological polar surface area (TPSA) is 78.9 Å². The lowest BCUT2D eigenvalue weighted by molar-refractivity contribution is 0.0451. The number of rotatable bonds is 33. The minimum Gasteiger partial charge on any atom is -0.462 e. The van der Waals surface area contributed by atoms with Crippen LogP contribution in [0, 0.1) is 0 Å². The molecule has 0 aliphatic heterocycles. The molecule has 6 nitrogen and oxygen atoms in total. The van der Waals surface area contributed by atoms with Gasteiger partial charge in [-0.1, -0.05) is 134 Å². The molecule has 0 heterocycles. The van der Waals surface area contributed by atoms with Crippen LogP contribution >= 0.6 is 0 Å². The van der Waals surface area contributed by atoms with Gasteiger partial charge in [0, 0.05) is 0 Å². The Labute approximate surface area is 311 Å². The number of hydrogen-bond donors (Lipinski definition) is 0. The van der Waals surface area contributed by atoms with Crippen LogP contribution in [0.2, 0.25) is 0 Å². The van der Waals surface area contributed by atoms with Gasteiger partial charge in [-0.05, 0) is 95.2 Å². The Morgan fingerprint density at radius 2 is 0.745 bits per heavy atom. The van der Waals surface area contributed by atoms with Gasteiger partial charge in [0.25, 0.3) is 0 Å². The maximum atomic E-state index is 13.2. The predicted octanol–water partition coefficient (Wildman–Crippen LogP) is 13.2.